The molecule has 1 N–H and O–H groups in total. The maximum atomic E-state index is 12.1. The van der Waals surface area contributed by atoms with E-state index in [9.17, 15) is 4.79 Å². The minimum Gasteiger partial charge on any atom is -0.464 e. The van der Waals surface area contributed by atoms with Crippen LogP contribution >= 0.6 is 0 Å². The first kappa shape index (κ1) is 11.0. The first-order valence-electron chi connectivity index (χ1n) is 6.28. The average Bonchev–Trinajstić information content (AvgIpc) is 2.95. The van der Waals surface area contributed by atoms with Gasteiger partial charge in [-0.15, -0.1) is 0 Å². The molecule has 20 heavy (non-hydrogen) atoms. The second-order valence-electron chi connectivity index (χ2n) is 4.57. The predicted molar refractivity (Wildman–Crippen MR) is 77.6 cm³/mol. The fourth-order valence-electron chi connectivity index (χ4n) is 2.41. The van der Waals surface area contributed by atoms with E-state index in [0.29, 0.717) is 16.7 Å². The Labute approximate surface area is 113 Å². The minimum atomic E-state index is -0.133. The highest BCUT2D eigenvalue weighted by molar-refractivity contribution is 5.93. The Balaban J connectivity index is 2.08. The highest BCUT2D eigenvalue weighted by atomic mass is 16.3. The molecular formula is C16H10N2O2. The van der Waals surface area contributed by atoms with Crippen molar-refractivity contribution in [1.82, 2.24) is 9.97 Å². The molecule has 4 aromatic rings. The number of nitrogens with zero attached hydrogens (tertiary/aromatic N) is 1. The zero-order chi connectivity index (χ0) is 13.5. The molecular weight excluding hydrogens is 252 g/mol. The minimum absolute atomic E-state index is 0.133. The van der Waals surface area contributed by atoms with Crippen molar-refractivity contribution in [2.45, 2.75) is 0 Å². The molecule has 4 nitrogen and oxygen atoms in total. The fourth-order valence-corrected chi connectivity index (χ4v) is 2.41. The summed E-state index contributed by atoms with van der Waals surface area (Å²) in [5.41, 5.74) is 2.19. The van der Waals surface area contributed by atoms with Crippen LogP contribution in [0, 0.1) is 0 Å². The molecule has 0 aliphatic rings. The Morgan fingerprint density at radius 2 is 1.85 bits per heavy atom. The van der Waals surface area contributed by atoms with Crippen LogP contribution in [-0.2, 0) is 0 Å². The van der Waals surface area contributed by atoms with Gasteiger partial charge in [0.15, 0.2) is 0 Å². The van der Waals surface area contributed by atoms with Crippen LogP contribution < -0.4 is 5.56 Å². The lowest BCUT2D eigenvalue weighted by Gasteiger charge is -2.04. The summed E-state index contributed by atoms with van der Waals surface area (Å²) in [5.74, 6) is 0.556. The third-order valence-corrected chi connectivity index (χ3v) is 3.36. The van der Waals surface area contributed by atoms with E-state index < -0.39 is 0 Å². The van der Waals surface area contributed by atoms with Gasteiger partial charge in [-0.25, -0.2) is 4.98 Å². The van der Waals surface area contributed by atoms with E-state index in [1.807, 2.05) is 42.5 Å². The van der Waals surface area contributed by atoms with Gasteiger partial charge in [0.1, 0.15) is 11.4 Å². The molecule has 0 fully saturated rings. The van der Waals surface area contributed by atoms with Crippen LogP contribution in [0.1, 0.15) is 0 Å². The second kappa shape index (κ2) is 4.06. The van der Waals surface area contributed by atoms with Crippen LogP contribution in [0.15, 0.2) is 64.0 Å². The molecule has 0 bridgehead atoms. The van der Waals surface area contributed by atoms with Gasteiger partial charge in [-0.2, -0.15) is 0 Å². The van der Waals surface area contributed by atoms with Crippen LogP contribution in [0.25, 0.3) is 33.3 Å². The maximum Gasteiger partial charge on any atom is 0.259 e. The Hall–Kier alpha value is -2.88. The Bertz CT molecular complexity index is 982. The highest BCUT2D eigenvalue weighted by Gasteiger charge is 2.09. The maximum absolute atomic E-state index is 12.1. The molecule has 2 aromatic heterocycles. The summed E-state index contributed by atoms with van der Waals surface area (Å²) in [5, 5.41) is 1.53. The molecule has 0 amide bonds. The number of benzene rings is 2. The molecule has 0 saturated carbocycles. The zero-order valence-electron chi connectivity index (χ0n) is 10.5. The number of aromatic nitrogens is 2. The highest BCUT2D eigenvalue weighted by Crippen LogP contribution is 2.27. The molecule has 2 aromatic carbocycles. The number of hydrogen-bond acceptors (Lipinski definition) is 3. The van der Waals surface area contributed by atoms with E-state index >= 15 is 0 Å². The molecule has 0 aliphatic carbocycles. The lowest BCUT2D eigenvalue weighted by molar-refractivity contribution is 0.616. The van der Waals surface area contributed by atoms with Crippen molar-refractivity contribution in [3.8, 4) is 11.4 Å². The fraction of sp³-hybridized carbons (Fsp3) is 0. The SMILES string of the molecule is O=c1[nH]c(-c2cccc3occc23)nc2ccccc12. The van der Waals surface area contributed by atoms with Gasteiger partial charge < -0.3 is 9.40 Å². The number of hydrogen-bond donors (Lipinski definition) is 1. The number of para-hydroxylation sites is 1. The lowest BCUT2D eigenvalue weighted by Crippen LogP contribution is -2.09. The van der Waals surface area contributed by atoms with Gasteiger partial charge in [0.2, 0.25) is 0 Å². The Kier molecular flexibility index (Phi) is 2.23. The van der Waals surface area contributed by atoms with Crippen molar-refractivity contribution >= 4 is 21.9 Å². The van der Waals surface area contributed by atoms with Gasteiger partial charge >= 0.3 is 0 Å². The average molecular weight is 262 g/mol. The van der Waals surface area contributed by atoms with Gasteiger partial charge in [0.25, 0.3) is 5.56 Å². The summed E-state index contributed by atoms with van der Waals surface area (Å²) in [4.78, 5) is 19.5. The van der Waals surface area contributed by atoms with Crippen molar-refractivity contribution in [3.05, 3.63) is 65.1 Å². The Morgan fingerprint density at radius 3 is 2.80 bits per heavy atom. The number of nitrogens with one attached hydrogen (secondary N) is 1. The van der Waals surface area contributed by atoms with E-state index in [1.54, 1.807) is 12.3 Å². The van der Waals surface area contributed by atoms with Crippen molar-refractivity contribution < 1.29 is 4.42 Å². The number of fused-ring (bicyclic) bond motifs is 2. The molecule has 0 saturated heterocycles. The number of furan rings is 1. The Morgan fingerprint density at radius 1 is 0.950 bits per heavy atom. The van der Waals surface area contributed by atoms with E-state index in [1.165, 1.54) is 0 Å². The first-order valence-corrected chi connectivity index (χ1v) is 6.28. The number of aromatic amines is 1. The molecule has 4 heteroatoms. The van der Waals surface area contributed by atoms with E-state index in [0.717, 1.165) is 16.5 Å². The number of H-pyrrole nitrogens is 1. The van der Waals surface area contributed by atoms with Gasteiger partial charge in [0.05, 0.1) is 17.2 Å². The van der Waals surface area contributed by atoms with Crippen LogP contribution in [0.5, 0.6) is 0 Å². The molecule has 4 rings (SSSR count). The molecule has 0 unspecified atom stereocenters. The third-order valence-electron chi connectivity index (χ3n) is 3.36. The van der Waals surface area contributed by atoms with Gasteiger partial charge in [-0.1, -0.05) is 24.3 Å². The van der Waals surface area contributed by atoms with Gasteiger partial charge in [0, 0.05) is 10.9 Å². The summed E-state index contributed by atoms with van der Waals surface area (Å²) < 4.78 is 5.38. The van der Waals surface area contributed by atoms with Crippen LogP contribution in [0.3, 0.4) is 0 Å². The first-order chi connectivity index (χ1) is 9.83. The van der Waals surface area contributed by atoms with E-state index in [2.05, 4.69) is 9.97 Å². The second-order valence-corrected chi connectivity index (χ2v) is 4.57. The third kappa shape index (κ3) is 1.55. The van der Waals surface area contributed by atoms with Crippen molar-refractivity contribution in [2.24, 2.45) is 0 Å². The lowest BCUT2D eigenvalue weighted by atomic mass is 10.1. The topological polar surface area (TPSA) is 58.9 Å². The standard InChI is InChI=1S/C16H10N2O2/c19-16-12-4-1-2-6-13(12)17-15(18-16)11-5-3-7-14-10(11)8-9-20-14/h1-9H,(H,17,18,19). The predicted octanol–water partition coefficient (Wildman–Crippen LogP) is 3.34. The van der Waals surface area contributed by atoms with Gasteiger partial charge in [-0.05, 0) is 24.3 Å². The largest absolute Gasteiger partial charge is 0.464 e. The van der Waals surface area contributed by atoms with Crippen molar-refractivity contribution in [1.29, 1.82) is 0 Å². The summed E-state index contributed by atoms with van der Waals surface area (Å²) in [7, 11) is 0. The summed E-state index contributed by atoms with van der Waals surface area (Å²) >= 11 is 0. The van der Waals surface area contributed by atoms with Crippen LogP contribution in [0.2, 0.25) is 0 Å². The van der Waals surface area contributed by atoms with Crippen molar-refractivity contribution in [3.63, 3.8) is 0 Å². The molecule has 0 atom stereocenters. The summed E-state index contributed by atoms with van der Waals surface area (Å²) in [6.07, 6.45) is 1.63. The van der Waals surface area contributed by atoms with Crippen molar-refractivity contribution in [2.75, 3.05) is 0 Å². The quantitative estimate of drug-likeness (QED) is 0.572. The smallest absolute Gasteiger partial charge is 0.259 e. The van der Waals surface area contributed by atoms with Gasteiger partial charge in [-0.3, -0.25) is 4.79 Å². The molecule has 0 spiro atoms. The zero-order valence-corrected chi connectivity index (χ0v) is 10.5. The van der Waals surface area contributed by atoms with E-state index in [-0.39, 0.29) is 5.56 Å². The number of rotatable bonds is 1. The molecule has 0 aliphatic heterocycles. The van der Waals surface area contributed by atoms with Crippen LogP contribution in [0.4, 0.5) is 0 Å². The van der Waals surface area contributed by atoms with Crippen LogP contribution in [-0.4, -0.2) is 9.97 Å². The molecule has 96 valence electrons. The molecule has 0 radical (unpaired) electrons. The summed E-state index contributed by atoms with van der Waals surface area (Å²) in [6, 6.07) is 14.9. The van der Waals surface area contributed by atoms with E-state index in [4.69, 9.17) is 4.42 Å². The normalized spacial score (nSPS) is 11.2. The summed E-state index contributed by atoms with van der Waals surface area (Å²) in [6.45, 7) is 0. The molecule has 2 heterocycles. The monoisotopic (exact) mass is 262 g/mol.